The third-order valence-electron chi connectivity index (χ3n) is 9.25. The molecule has 3 aromatic carbocycles. The number of benzene rings is 3. The van der Waals surface area contributed by atoms with E-state index in [0.717, 1.165) is 16.0 Å². The molecule has 4 amide bonds. The number of hydrogen-bond acceptors (Lipinski definition) is 10. The van der Waals surface area contributed by atoms with Crippen LogP contribution >= 0.6 is 11.3 Å². The summed E-state index contributed by atoms with van der Waals surface area (Å²) >= 11 is 1.53. The van der Waals surface area contributed by atoms with Crippen molar-refractivity contribution in [3.05, 3.63) is 123 Å². The fourth-order valence-corrected chi connectivity index (χ4v) is 7.42. The van der Waals surface area contributed by atoms with Crippen molar-refractivity contribution in [1.82, 2.24) is 20.9 Å². The van der Waals surface area contributed by atoms with E-state index in [9.17, 15) is 24.0 Å². The molecule has 2 aromatic heterocycles. The van der Waals surface area contributed by atoms with Gasteiger partial charge in [-0.05, 0) is 91.2 Å². The van der Waals surface area contributed by atoms with E-state index in [1.807, 2.05) is 48.7 Å². The lowest BCUT2D eigenvalue weighted by molar-refractivity contribution is -0.120. The van der Waals surface area contributed by atoms with Crippen molar-refractivity contribution in [3.63, 3.8) is 0 Å². The smallest absolute Gasteiger partial charge is 0.407 e. The zero-order chi connectivity index (χ0) is 42.1. The summed E-state index contributed by atoms with van der Waals surface area (Å²) < 4.78 is 16.7. The molecule has 0 unspecified atom stereocenters. The van der Waals surface area contributed by atoms with Crippen molar-refractivity contribution in [2.24, 2.45) is 0 Å². The Kier molecular flexibility index (Phi) is 13.4. The molecule has 0 radical (unpaired) electrons. The van der Waals surface area contributed by atoms with Gasteiger partial charge in [0.2, 0.25) is 5.91 Å². The SMILES string of the molecule is CCCNC(=O)c1ccc(-c2cc3c(cc2C(=O)Nc2ccc(CNC(=O)OC(C)(C)C)cc2CC(=O)NCc2ccccc2)-c2sccc2CCO3)c(C(=O)OC)n1. The molecule has 0 fully saturated rings. The Hall–Kier alpha value is -6.54. The number of fused-ring (bicyclic) bond motifs is 3. The maximum atomic E-state index is 14.7. The van der Waals surface area contributed by atoms with Gasteiger partial charge in [-0.25, -0.2) is 14.6 Å². The van der Waals surface area contributed by atoms with Crippen LogP contribution in [0, 0.1) is 0 Å². The van der Waals surface area contributed by atoms with E-state index in [-0.39, 0.29) is 41.4 Å². The first kappa shape index (κ1) is 42.1. The van der Waals surface area contributed by atoms with Gasteiger partial charge in [0.05, 0.1) is 20.1 Å². The standard InChI is InChI=1S/C45H47N5O8S/c1-6-18-46-42(53)36-15-13-31(39(49-36)43(54)56-5)32-24-37-34(40-29(16-19-57-37)17-20-59-40)23-33(32)41(52)50-35-14-12-28(26-48-44(55)58-45(2,3)4)21-30(35)22-38(51)47-25-27-10-8-7-9-11-27/h7-15,17,20-21,23-24H,6,16,18-19,22,25-26H2,1-5H3,(H,46,53)(H,47,51)(H,48,55)(H,50,52). The van der Waals surface area contributed by atoms with Gasteiger partial charge in [-0.1, -0.05) is 49.4 Å². The Morgan fingerprint density at radius 3 is 2.36 bits per heavy atom. The highest BCUT2D eigenvalue weighted by molar-refractivity contribution is 7.13. The molecule has 6 rings (SSSR count). The molecule has 0 spiro atoms. The second kappa shape index (κ2) is 18.8. The average molecular weight is 818 g/mol. The number of nitrogens with one attached hydrogen (secondary N) is 4. The Morgan fingerprint density at radius 2 is 1.61 bits per heavy atom. The first-order chi connectivity index (χ1) is 28.3. The fourth-order valence-electron chi connectivity index (χ4n) is 6.45. The molecule has 14 heteroatoms. The van der Waals surface area contributed by atoms with Crippen molar-refractivity contribution in [2.75, 3.05) is 25.6 Å². The lowest BCUT2D eigenvalue weighted by atomic mass is 9.93. The van der Waals surface area contributed by atoms with Gasteiger partial charge in [-0.15, -0.1) is 11.3 Å². The topological polar surface area (TPSA) is 174 Å². The summed E-state index contributed by atoms with van der Waals surface area (Å²) in [5.74, 6) is -1.58. The monoisotopic (exact) mass is 817 g/mol. The van der Waals surface area contributed by atoms with E-state index in [2.05, 4.69) is 26.3 Å². The molecule has 0 atom stereocenters. The van der Waals surface area contributed by atoms with Crippen molar-refractivity contribution in [3.8, 4) is 27.3 Å². The van der Waals surface area contributed by atoms with Gasteiger partial charge in [0.25, 0.3) is 11.8 Å². The van der Waals surface area contributed by atoms with Crippen molar-refractivity contribution >= 4 is 46.8 Å². The lowest BCUT2D eigenvalue weighted by Crippen LogP contribution is -2.32. The molecule has 0 saturated heterocycles. The van der Waals surface area contributed by atoms with Crippen LogP contribution in [0.1, 0.15) is 87.7 Å². The third kappa shape index (κ3) is 10.7. The predicted molar refractivity (Wildman–Crippen MR) is 226 cm³/mol. The van der Waals surface area contributed by atoms with E-state index in [1.165, 1.54) is 24.5 Å². The van der Waals surface area contributed by atoms with Gasteiger partial charge < -0.3 is 35.5 Å². The summed E-state index contributed by atoms with van der Waals surface area (Å²) in [5, 5.41) is 13.5. The van der Waals surface area contributed by atoms with Crippen molar-refractivity contribution < 1.29 is 38.2 Å². The normalized spacial score (nSPS) is 11.8. The van der Waals surface area contributed by atoms with Crippen molar-refractivity contribution in [2.45, 2.75) is 65.6 Å². The van der Waals surface area contributed by atoms with Gasteiger partial charge in [0.15, 0.2) is 5.69 Å². The Balaban J connectivity index is 1.40. The number of anilines is 1. The summed E-state index contributed by atoms with van der Waals surface area (Å²) in [6.45, 7) is 8.46. The zero-order valence-corrected chi connectivity index (χ0v) is 34.5. The number of esters is 1. The summed E-state index contributed by atoms with van der Waals surface area (Å²) in [5.41, 5.74) is 4.13. The van der Waals surface area contributed by atoms with Gasteiger partial charge in [-0.3, -0.25) is 14.4 Å². The molecule has 306 valence electrons. The molecular formula is C45H47N5O8S. The minimum Gasteiger partial charge on any atom is -0.493 e. The van der Waals surface area contributed by atoms with E-state index in [1.54, 1.807) is 57.2 Å². The quantitative estimate of drug-likeness (QED) is 0.0879. The lowest BCUT2D eigenvalue weighted by Gasteiger charge is -2.20. The van der Waals surface area contributed by atoms with Gasteiger partial charge in [0, 0.05) is 58.9 Å². The molecule has 5 aromatic rings. The number of rotatable bonds is 13. The third-order valence-corrected chi connectivity index (χ3v) is 10.2. The minimum atomic E-state index is -0.799. The number of aromatic nitrogens is 1. The number of pyridine rings is 1. The summed E-state index contributed by atoms with van der Waals surface area (Å²) in [4.78, 5) is 72.2. The van der Waals surface area contributed by atoms with E-state index in [4.69, 9.17) is 14.2 Å². The molecule has 1 aliphatic rings. The number of carbonyl (C=O) groups is 5. The Morgan fingerprint density at radius 1 is 0.831 bits per heavy atom. The number of hydrogen-bond donors (Lipinski definition) is 4. The summed E-state index contributed by atoms with van der Waals surface area (Å²) in [7, 11) is 1.22. The number of ether oxygens (including phenoxy) is 3. The maximum Gasteiger partial charge on any atom is 0.407 e. The highest BCUT2D eigenvalue weighted by Gasteiger charge is 2.28. The molecule has 3 heterocycles. The number of carbonyl (C=O) groups excluding carboxylic acids is 5. The maximum absolute atomic E-state index is 14.7. The molecule has 0 aliphatic carbocycles. The van der Waals surface area contributed by atoms with Crippen LogP contribution in [0.15, 0.2) is 84.2 Å². The molecular weight excluding hydrogens is 771 g/mol. The van der Waals surface area contributed by atoms with Crippen LogP contribution < -0.4 is 26.0 Å². The first-order valence-corrected chi connectivity index (χ1v) is 20.2. The summed E-state index contributed by atoms with van der Waals surface area (Å²) in [6, 6.07) is 23.2. The Labute approximate surface area is 346 Å². The van der Waals surface area contributed by atoms with Crippen LogP contribution in [0.4, 0.5) is 10.5 Å². The van der Waals surface area contributed by atoms with Gasteiger partial charge in [0.1, 0.15) is 17.0 Å². The number of nitrogens with zero attached hydrogens (tertiary/aromatic N) is 1. The molecule has 0 saturated carbocycles. The second-order valence-corrected chi connectivity index (χ2v) is 15.8. The zero-order valence-electron chi connectivity index (χ0n) is 33.7. The highest BCUT2D eigenvalue weighted by atomic mass is 32.1. The van der Waals surface area contributed by atoms with Crippen LogP contribution in [-0.4, -0.2) is 60.6 Å². The van der Waals surface area contributed by atoms with Crippen LogP contribution in [0.3, 0.4) is 0 Å². The predicted octanol–water partition coefficient (Wildman–Crippen LogP) is 7.47. The van der Waals surface area contributed by atoms with Crippen molar-refractivity contribution in [1.29, 1.82) is 0 Å². The largest absolute Gasteiger partial charge is 0.493 e. The van der Waals surface area contributed by atoms with Crippen LogP contribution in [0.2, 0.25) is 0 Å². The number of amides is 4. The highest BCUT2D eigenvalue weighted by Crippen LogP contribution is 2.43. The van der Waals surface area contributed by atoms with Gasteiger partial charge >= 0.3 is 12.1 Å². The minimum absolute atomic E-state index is 0.0132. The van der Waals surface area contributed by atoms with Gasteiger partial charge in [-0.2, -0.15) is 0 Å². The van der Waals surface area contributed by atoms with Crippen LogP contribution in [-0.2, 0) is 40.2 Å². The summed E-state index contributed by atoms with van der Waals surface area (Å²) in [6.07, 6.45) is 0.676. The van der Waals surface area contributed by atoms with E-state index in [0.29, 0.717) is 66.2 Å². The molecule has 0 bridgehead atoms. The average Bonchev–Trinajstić information content (AvgIpc) is 3.62. The van der Waals surface area contributed by atoms with Crippen LogP contribution in [0.25, 0.3) is 21.6 Å². The first-order valence-electron chi connectivity index (χ1n) is 19.3. The fraction of sp³-hybridized carbons (Fsp3) is 0.289. The molecule has 13 nitrogen and oxygen atoms in total. The number of alkyl carbamates (subject to hydrolysis) is 1. The number of thiophene rings is 1. The molecule has 1 aliphatic heterocycles. The number of methoxy groups -OCH3 is 1. The molecule has 59 heavy (non-hydrogen) atoms. The van der Waals surface area contributed by atoms with E-state index < -0.39 is 29.5 Å². The second-order valence-electron chi connectivity index (χ2n) is 14.8. The van der Waals surface area contributed by atoms with Crippen LogP contribution in [0.5, 0.6) is 5.75 Å². The molecule has 4 N–H and O–H groups in total. The van der Waals surface area contributed by atoms with E-state index >= 15 is 0 Å². The Bertz CT molecular complexity index is 2370.